The van der Waals surface area contributed by atoms with Crippen molar-refractivity contribution in [2.45, 2.75) is 12.8 Å². The van der Waals surface area contributed by atoms with Gasteiger partial charge in [0.05, 0.1) is 6.42 Å². The lowest BCUT2D eigenvalue weighted by Gasteiger charge is -2.17. The maximum atomic E-state index is 11.3. The molecule has 0 aromatic heterocycles. The Morgan fingerprint density at radius 1 is 1.62 bits per heavy atom. The van der Waals surface area contributed by atoms with E-state index in [1.165, 1.54) is 0 Å². The smallest absolute Gasteiger partial charge is 0.234 e. The number of hydrogen-bond acceptors (Lipinski definition) is 2. The molecule has 0 unspecified atom stereocenters. The number of amides is 2. The van der Waals surface area contributed by atoms with Crippen LogP contribution >= 0.6 is 0 Å². The monoisotopic (exact) mass is 180 g/mol. The minimum atomic E-state index is -0.0704. The fourth-order valence-corrected chi connectivity index (χ4v) is 1.22. The molecule has 4 nitrogen and oxygen atoms in total. The molecule has 0 bridgehead atoms. The lowest BCUT2D eigenvalue weighted by atomic mass is 10.3. The van der Waals surface area contributed by atoms with E-state index in [9.17, 15) is 9.59 Å². The van der Waals surface area contributed by atoms with Crippen molar-refractivity contribution in [3.05, 3.63) is 0 Å². The predicted octanol–water partition coefficient (Wildman–Crippen LogP) is -0.642. The lowest BCUT2D eigenvalue weighted by Crippen LogP contribution is -2.33. The second-order valence-corrected chi connectivity index (χ2v) is 2.86. The molecule has 0 aromatic carbocycles. The van der Waals surface area contributed by atoms with Gasteiger partial charge in [0, 0.05) is 26.1 Å². The number of nitrogens with zero attached hydrogens (tertiary/aromatic N) is 1. The Hall–Kier alpha value is -1.50. The van der Waals surface area contributed by atoms with Gasteiger partial charge in [0.1, 0.15) is 0 Å². The first-order chi connectivity index (χ1) is 6.24. The van der Waals surface area contributed by atoms with Crippen molar-refractivity contribution >= 4 is 11.8 Å². The molecule has 2 amide bonds. The summed E-state index contributed by atoms with van der Waals surface area (Å²) in [7, 11) is 0. The number of carbonyl (C=O) groups excluding carboxylic acids is 2. The van der Waals surface area contributed by atoms with Gasteiger partial charge in [-0.05, 0) is 0 Å². The summed E-state index contributed by atoms with van der Waals surface area (Å²) in [5.74, 6) is 2.23. The van der Waals surface area contributed by atoms with Crippen LogP contribution in [0.1, 0.15) is 12.8 Å². The van der Waals surface area contributed by atoms with Crippen LogP contribution < -0.4 is 5.32 Å². The third-order valence-electron chi connectivity index (χ3n) is 1.92. The molecule has 13 heavy (non-hydrogen) atoms. The zero-order valence-corrected chi connectivity index (χ0v) is 7.38. The molecule has 0 atom stereocenters. The number of carbonyl (C=O) groups is 2. The van der Waals surface area contributed by atoms with Crippen LogP contribution in [0.25, 0.3) is 0 Å². The molecular formula is C9H12N2O2. The van der Waals surface area contributed by atoms with Gasteiger partial charge in [-0.2, -0.15) is 0 Å². The van der Waals surface area contributed by atoms with Crippen LogP contribution in [0.2, 0.25) is 0 Å². The third-order valence-corrected chi connectivity index (χ3v) is 1.92. The number of hydrogen-bond donors (Lipinski definition) is 1. The van der Waals surface area contributed by atoms with Crippen LogP contribution in [0, 0.1) is 12.3 Å². The van der Waals surface area contributed by atoms with Crippen LogP contribution in [0.15, 0.2) is 0 Å². The molecule has 1 aliphatic heterocycles. The summed E-state index contributed by atoms with van der Waals surface area (Å²) < 4.78 is 0. The van der Waals surface area contributed by atoms with Gasteiger partial charge in [-0.1, -0.05) is 5.92 Å². The molecule has 1 N–H and O–H groups in total. The molecule has 1 fully saturated rings. The van der Waals surface area contributed by atoms with E-state index in [0.717, 1.165) is 0 Å². The summed E-state index contributed by atoms with van der Waals surface area (Å²) in [6, 6.07) is 0. The zero-order valence-electron chi connectivity index (χ0n) is 7.38. The summed E-state index contributed by atoms with van der Waals surface area (Å²) in [6.07, 6.45) is 5.51. The Balaban J connectivity index is 2.47. The van der Waals surface area contributed by atoms with Crippen LogP contribution in [0.5, 0.6) is 0 Å². The molecule has 0 aliphatic carbocycles. The van der Waals surface area contributed by atoms with Gasteiger partial charge >= 0.3 is 0 Å². The Bertz CT molecular complexity index is 255. The average Bonchev–Trinajstić information content (AvgIpc) is 2.30. The van der Waals surface area contributed by atoms with Crippen molar-refractivity contribution < 1.29 is 9.59 Å². The number of nitrogens with one attached hydrogen (secondary N) is 1. The first-order valence-corrected chi connectivity index (χ1v) is 4.22. The summed E-state index contributed by atoms with van der Waals surface area (Å²) in [4.78, 5) is 23.8. The fraction of sp³-hybridized carbons (Fsp3) is 0.556. The minimum Gasteiger partial charge on any atom is -0.354 e. The van der Waals surface area contributed by atoms with E-state index in [-0.39, 0.29) is 18.2 Å². The van der Waals surface area contributed by atoms with E-state index in [1.807, 2.05) is 0 Å². The van der Waals surface area contributed by atoms with E-state index in [0.29, 0.717) is 26.1 Å². The molecular weight excluding hydrogens is 168 g/mol. The van der Waals surface area contributed by atoms with Crippen LogP contribution in [-0.2, 0) is 9.59 Å². The highest BCUT2D eigenvalue weighted by Crippen LogP contribution is 1.98. The van der Waals surface area contributed by atoms with E-state index in [4.69, 9.17) is 6.42 Å². The highest BCUT2D eigenvalue weighted by molar-refractivity contribution is 5.81. The Morgan fingerprint density at radius 2 is 2.38 bits per heavy atom. The van der Waals surface area contributed by atoms with Crippen molar-refractivity contribution in [1.82, 2.24) is 10.2 Å². The highest BCUT2D eigenvalue weighted by atomic mass is 16.2. The van der Waals surface area contributed by atoms with Crippen molar-refractivity contribution in [2.24, 2.45) is 0 Å². The average molecular weight is 180 g/mol. The van der Waals surface area contributed by atoms with Gasteiger partial charge in [0.2, 0.25) is 11.8 Å². The topological polar surface area (TPSA) is 49.4 Å². The predicted molar refractivity (Wildman–Crippen MR) is 47.7 cm³/mol. The fourth-order valence-electron chi connectivity index (χ4n) is 1.22. The largest absolute Gasteiger partial charge is 0.354 e. The third kappa shape index (κ3) is 2.79. The van der Waals surface area contributed by atoms with E-state index in [2.05, 4.69) is 11.2 Å². The van der Waals surface area contributed by atoms with Crippen LogP contribution in [0.4, 0.5) is 0 Å². The van der Waals surface area contributed by atoms with Crippen LogP contribution in [0.3, 0.4) is 0 Å². The van der Waals surface area contributed by atoms with Gasteiger partial charge in [-0.15, -0.1) is 6.42 Å². The minimum absolute atomic E-state index is 0.00370. The maximum Gasteiger partial charge on any atom is 0.234 e. The molecule has 1 saturated heterocycles. The van der Waals surface area contributed by atoms with Crippen molar-refractivity contribution in [2.75, 3.05) is 19.6 Å². The summed E-state index contributed by atoms with van der Waals surface area (Å²) >= 11 is 0. The Kier molecular flexibility index (Phi) is 3.32. The van der Waals surface area contributed by atoms with Gasteiger partial charge in [-0.25, -0.2) is 0 Å². The second kappa shape index (κ2) is 4.51. The lowest BCUT2D eigenvalue weighted by molar-refractivity contribution is -0.129. The molecule has 1 aliphatic rings. The Morgan fingerprint density at radius 3 is 3.08 bits per heavy atom. The SMILES string of the molecule is C#CCC(=O)N1CCNC(=O)CC1. The maximum absolute atomic E-state index is 11.3. The summed E-state index contributed by atoms with van der Waals surface area (Å²) in [5.41, 5.74) is 0. The molecule has 1 heterocycles. The summed E-state index contributed by atoms with van der Waals surface area (Å²) in [6.45, 7) is 1.56. The molecule has 0 aromatic rings. The molecule has 0 saturated carbocycles. The number of terminal acetylenes is 1. The summed E-state index contributed by atoms with van der Waals surface area (Å²) in [5, 5.41) is 2.69. The highest BCUT2D eigenvalue weighted by Gasteiger charge is 2.16. The first kappa shape index (κ1) is 9.59. The molecule has 0 spiro atoms. The van der Waals surface area contributed by atoms with Gasteiger partial charge in [-0.3, -0.25) is 9.59 Å². The Labute approximate surface area is 77.3 Å². The second-order valence-electron chi connectivity index (χ2n) is 2.86. The van der Waals surface area contributed by atoms with E-state index >= 15 is 0 Å². The molecule has 4 heteroatoms. The van der Waals surface area contributed by atoms with Crippen molar-refractivity contribution in [3.8, 4) is 12.3 Å². The molecule has 0 radical (unpaired) electrons. The normalized spacial score (nSPS) is 17.2. The van der Waals surface area contributed by atoms with Crippen molar-refractivity contribution in [1.29, 1.82) is 0 Å². The van der Waals surface area contributed by atoms with Gasteiger partial charge in [0.15, 0.2) is 0 Å². The molecule has 1 rings (SSSR count). The zero-order chi connectivity index (χ0) is 9.68. The standard InChI is InChI=1S/C9H12N2O2/c1-2-3-9(13)11-6-4-8(12)10-5-7-11/h1H,3-7H2,(H,10,12). The van der Waals surface area contributed by atoms with E-state index in [1.54, 1.807) is 4.90 Å². The quantitative estimate of drug-likeness (QED) is 0.545. The van der Waals surface area contributed by atoms with Gasteiger partial charge < -0.3 is 10.2 Å². The van der Waals surface area contributed by atoms with E-state index < -0.39 is 0 Å². The first-order valence-electron chi connectivity index (χ1n) is 4.22. The van der Waals surface area contributed by atoms with Crippen molar-refractivity contribution in [3.63, 3.8) is 0 Å². The van der Waals surface area contributed by atoms with Crippen LogP contribution in [-0.4, -0.2) is 36.3 Å². The van der Waals surface area contributed by atoms with Gasteiger partial charge in [0.25, 0.3) is 0 Å². The molecule has 70 valence electrons. The number of rotatable bonds is 1.